The van der Waals surface area contributed by atoms with Gasteiger partial charge in [-0.05, 0) is 48.5 Å². The summed E-state index contributed by atoms with van der Waals surface area (Å²) in [4.78, 5) is 0. The van der Waals surface area contributed by atoms with Gasteiger partial charge in [0.15, 0.2) is 0 Å². The molecular formula is C27H28Br2NiP2+2. The largest absolute Gasteiger partial charge is 0.0966 e. The van der Waals surface area contributed by atoms with Crippen molar-refractivity contribution in [1.29, 1.82) is 0 Å². The molecule has 0 saturated carbocycles. The van der Waals surface area contributed by atoms with Crippen LogP contribution in [0.15, 0.2) is 121 Å². The van der Waals surface area contributed by atoms with Gasteiger partial charge in [-0.25, -0.2) is 0 Å². The zero-order valence-corrected chi connectivity index (χ0v) is 23.9. The van der Waals surface area contributed by atoms with Crippen molar-refractivity contribution in [3.05, 3.63) is 121 Å². The van der Waals surface area contributed by atoms with E-state index in [1.165, 1.54) is 50.9 Å². The minimum absolute atomic E-state index is 0.742. The SMILES string of the molecule is [Br][Ni][Br].c1ccc([PH+](CCC[PH+](c2ccccc2)c2ccccc2)c2ccccc2)cc1. The molecule has 0 N–H and O–H groups in total. The summed E-state index contributed by atoms with van der Waals surface area (Å²) in [7, 11) is -0.234. The van der Waals surface area contributed by atoms with E-state index in [9.17, 15) is 0 Å². The molecule has 0 saturated heterocycles. The van der Waals surface area contributed by atoms with Gasteiger partial charge in [0.05, 0.1) is 49.4 Å². The zero-order valence-electron chi connectivity index (χ0n) is 17.7. The Hall–Kier alpha value is -0.806. The number of hydrogen-bond acceptors (Lipinski definition) is 0. The molecule has 0 aromatic heterocycles. The zero-order chi connectivity index (χ0) is 22.4. The van der Waals surface area contributed by atoms with Gasteiger partial charge in [-0.15, -0.1) is 0 Å². The predicted molar refractivity (Wildman–Crippen MR) is 153 cm³/mol. The maximum atomic E-state index is 3.00. The molecule has 32 heavy (non-hydrogen) atoms. The summed E-state index contributed by atoms with van der Waals surface area (Å²) in [6, 6.07) is 44.6. The molecule has 0 nitrogen and oxygen atoms in total. The van der Waals surface area contributed by atoms with E-state index in [0.717, 1.165) is 0 Å². The molecule has 0 aliphatic heterocycles. The second-order valence-electron chi connectivity index (χ2n) is 7.32. The van der Waals surface area contributed by atoms with Crippen molar-refractivity contribution in [2.75, 3.05) is 12.3 Å². The molecule has 0 amide bonds. The summed E-state index contributed by atoms with van der Waals surface area (Å²) in [6.45, 7) is 0. The Morgan fingerprint density at radius 2 is 0.656 bits per heavy atom. The number of benzene rings is 4. The second kappa shape index (κ2) is 15.2. The van der Waals surface area contributed by atoms with E-state index in [-0.39, 0.29) is 0 Å². The van der Waals surface area contributed by atoms with Gasteiger partial charge in [0.1, 0.15) is 0 Å². The van der Waals surface area contributed by atoms with Crippen LogP contribution >= 0.6 is 44.3 Å². The Labute approximate surface area is 215 Å². The fourth-order valence-electron chi connectivity index (χ4n) is 3.91. The molecule has 0 atom stereocenters. The van der Waals surface area contributed by atoms with Crippen molar-refractivity contribution >= 4 is 65.5 Å². The van der Waals surface area contributed by atoms with Crippen molar-refractivity contribution in [2.24, 2.45) is 0 Å². The summed E-state index contributed by atoms with van der Waals surface area (Å²) < 4.78 is 0. The van der Waals surface area contributed by atoms with Gasteiger partial charge < -0.3 is 0 Å². The van der Waals surface area contributed by atoms with Crippen LogP contribution in [0, 0.1) is 0 Å². The monoisotopic (exact) mass is 630 g/mol. The van der Waals surface area contributed by atoms with Gasteiger partial charge in [-0.1, -0.05) is 72.8 Å². The average molecular weight is 633 g/mol. The Bertz CT molecular complexity index is 841. The summed E-state index contributed by atoms with van der Waals surface area (Å²) in [6.07, 6.45) is 3.84. The first-order chi connectivity index (χ1) is 15.8. The topological polar surface area (TPSA) is 0 Å². The van der Waals surface area contributed by atoms with Gasteiger partial charge in [0.25, 0.3) is 0 Å². The number of hydrogen-bond donors (Lipinski definition) is 0. The third-order valence-corrected chi connectivity index (χ3v) is 11.2. The number of halogens is 2. The van der Waals surface area contributed by atoms with Crippen molar-refractivity contribution in [3.63, 3.8) is 0 Å². The van der Waals surface area contributed by atoms with Crippen molar-refractivity contribution in [2.45, 2.75) is 6.42 Å². The first kappa shape index (κ1) is 25.8. The van der Waals surface area contributed by atoms with Crippen LogP contribution in [0.5, 0.6) is 0 Å². The van der Waals surface area contributed by atoms with Crippen LogP contribution in [0.3, 0.4) is 0 Å². The minimum atomic E-state index is -0.742. The summed E-state index contributed by atoms with van der Waals surface area (Å²) >= 11 is 6.00. The third-order valence-electron chi connectivity index (χ3n) is 5.34. The number of rotatable bonds is 8. The van der Waals surface area contributed by atoms with Crippen LogP contribution in [-0.2, 0) is 10.9 Å². The molecule has 4 aromatic rings. The van der Waals surface area contributed by atoms with E-state index in [1.807, 2.05) is 0 Å². The van der Waals surface area contributed by atoms with Gasteiger partial charge >= 0.3 is 39.3 Å². The van der Waals surface area contributed by atoms with Crippen molar-refractivity contribution in [1.82, 2.24) is 0 Å². The maximum absolute atomic E-state index is 3.00. The molecule has 0 aliphatic rings. The first-order valence-electron chi connectivity index (χ1n) is 10.6. The van der Waals surface area contributed by atoms with Crippen LogP contribution in [-0.4, -0.2) is 12.3 Å². The van der Waals surface area contributed by atoms with Gasteiger partial charge in [-0.3, -0.25) is 0 Å². The molecular weight excluding hydrogens is 605 g/mol. The quantitative estimate of drug-likeness (QED) is 0.148. The summed E-state index contributed by atoms with van der Waals surface area (Å²) in [5, 5.41) is 6.10. The van der Waals surface area contributed by atoms with Crippen molar-refractivity contribution in [3.8, 4) is 0 Å². The Kier molecular flexibility index (Phi) is 12.2. The molecule has 168 valence electrons. The fourth-order valence-corrected chi connectivity index (χ4v) is 9.52. The van der Waals surface area contributed by atoms with Gasteiger partial charge in [0, 0.05) is 6.42 Å². The van der Waals surface area contributed by atoms with E-state index in [1.54, 1.807) is 0 Å². The van der Waals surface area contributed by atoms with E-state index < -0.39 is 15.8 Å². The van der Waals surface area contributed by atoms with Crippen LogP contribution in [0.1, 0.15) is 6.42 Å². The third kappa shape index (κ3) is 8.20. The average Bonchev–Trinajstić information content (AvgIpc) is 2.87. The second-order valence-corrected chi connectivity index (χ2v) is 17.5. The Balaban J connectivity index is 0.000000913. The molecule has 4 aromatic carbocycles. The predicted octanol–water partition coefficient (Wildman–Crippen LogP) is 6.80. The standard InChI is InChI=1S/C27H26P2.2BrH.Ni/c1-5-14-24(15-6-1)28(25-16-7-2-8-17-25)22-13-23-29(26-18-9-3-10-19-26)27-20-11-4-12-21-27;;;/h1-12,14-21H,13,22-23H2;2*1H;/q;;;+2. The maximum Gasteiger partial charge on any atom is 0.0966 e. The molecule has 4 rings (SSSR count). The molecule has 0 fully saturated rings. The van der Waals surface area contributed by atoms with Crippen LogP contribution < -0.4 is 21.2 Å². The van der Waals surface area contributed by atoms with Crippen molar-refractivity contribution < 1.29 is 10.9 Å². The smallest absolute Gasteiger partial charge is 0.0620 e. The van der Waals surface area contributed by atoms with Crippen LogP contribution in [0.2, 0.25) is 0 Å². The molecule has 0 heterocycles. The summed E-state index contributed by atoms with van der Waals surface area (Å²) in [5.74, 6) is 0. The molecule has 0 spiro atoms. The molecule has 0 radical (unpaired) electrons. The van der Waals surface area contributed by atoms with E-state index >= 15 is 0 Å². The molecule has 5 heteroatoms. The Morgan fingerprint density at radius 1 is 0.438 bits per heavy atom. The van der Waals surface area contributed by atoms with E-state index in [4.69, 9.17) is 0 Å². The minimum Gasteiger partial charge on any atom is -0.0620 e. The van der Waals surface area contributed by atoms with E-state index in [2.05, 4.69) is 150 Å². The summed E-state index contributed by atoms with van der Waals surface area (Å²) in [5.41, 5.74) is 0. The van der Waals surface area contributed by atoms with E-state index in [0.29, 0.717) is 0 Å². The molecule has 0 bridgehead atoms. The van der Waals surface area contributed by atoms with Gasteiger partial charge in [-0.2, -0.15) is 0 Å². The Morgan fingerprint density at radius 3 is 0.875 bits per heavy atom. The van der Waals surface area contributed by atoms with Crippen LogP contribution in [0.25, 0.3) is 0 Å². The molecule has 0 aliphatic carbocycles. The molecule has 0 unspecified atom stereocenters. The fraction of sp³-hybridized carbons (Fsp3) is 0.111. The van der Waals surface area contributed by atoms with Crippen LogP contribution in [0.4, 0.5) is 0 Å². The first-order valence-corrected chi connectivity index (χ1v) is 18.9. The van der Waals surface area contributed by atoms with Gasteiger partial charge in [0.2, 0.25) is 0 Å². The normalized spacial score (nSPS) is 10.8.